The smallest absolute Gasteiger partial charge is 0.0558 e. The van der Waals surface area contributed by atoms with E-state index in [4.69, 9.17) is 5.73 Å². The Kier molecular flexibility index (Phi) is 7.20. The van der Waals surface area contributed by atoms with Crippen LogP contribution in [0.4, 0.5) is 0 Å². The van der Waals surface area contributed by atoms with Crippen molar-refractivity contribution in [3.8, 4) is 0 Å². The van der Waals surface area contributed by atoms with Gasteiger partial charge in [0.1, 0.15) is 0 Å². The molecule has 18 heavy (non-hydrogen) atoms. The highest BCUT2D eigenvalue weighted by atomic mass is 16.3. The molecule has 0 aromatic carbocycles. The van der Waals surface area contributed by atoms with Gasteiger partial charge in [0.15, 0.2) is 0 Å². The first-order valence-electron chi connectivity index (χ1n) is 7.76. The largest absolute Gasteiger partial charge is 0.395 e. The van der Waals surface area contributed by atoms with Gasteiger partial charge in [0.2, 0.25) is 0 Å². The molecule has 1 saturated carbocycles. The summed E-state index contributed by atoms with van der Waals surface area (Å²) in [5.41, 5.74) is 6.26. The molecule has 0 aromatic rings. The molecule has 0 amide bonds. The molecule has 1 rings (SSSR count). The summed E-state index contributed by atoms with van der Waals surface area (Å²) >= 11 is 0. The number of rotatable bonds is 8. The number of aliphatic hydroxyl groups excluding tert-OH is 1. The molecule has 0 aromatic heterocycles. The van der Waals surface area contributed by atoms with Crippen molar-refractivity contribution in [2.75, 3.05) is 26.2 Å². The molecular weight excluding hydrogens is 224 g/mol. The number of aliphatic hydroxyl groups is 1. The van der Waals surface area contributed by atoms with Crippen LogP contribution in [0.15, 0.2) is 0 Å². The zero-order chi connectivity index (χ0) is 13.4. The van der Waals surface area contributed by atoms with Crippen LogP contribution in [0, 0.1) is 5.41 Å². The van der Waals surface area contributed by atoms with Crippen molar-refractivity contribution in [1.82, 2.24) is 4.90 Å². The standard InChI is InChI=1S/C15H32N2O/c1-3-15(4-2,12-16)13-17(10-11-18)14-8-6-5-7-9-14/h14,18H,3-13,16H2,1-2H3. The van der Waals surface area contributed by atoms with E-state index in [0.717, 1.165) is 32.5 Å². The fraction of sp³-hybridized carbons (Fsp3) is 1.00. The maximum absolute atomic E-state index is 9.31. The molecule has 0 aliphatic heterocycles. The maximum Gasteiger partial charge on any atom is 0.0558 e. The molecule has 0 bridgehead atoms. The van der Waals surface area contributed by atoms with E-state index in [1.807, 2.05) is 0 Å². The summed E-state index contributed by atoms with van der Waals surface area (Å²) in [7, 11) is 0. The van der Waals surface area contributed by atoms with Crippen molar-refractivity contribution in [3.05, 3.63) is 0 Å². The van der Waals surface area contributed by atoms with Crippen LogP contribution in [0.2, 0.25) is 0 Å². The van der Waals surface area contributed by atoms with Gasteiger partial charge >= 0.3 is 0 Å². The lowest BCUT2D eigenvalue weighted by Crippen LogP contribution is -2.48. The summed E-state index contributed by atoms with van der Waals surface area (Å²) in [6.45, 7) is 7.39. The normalized spacial score (nSPS) is 18.5. The summed E-state index contributed by atoms with van der Waals surface area (Å²) in [6.07, 6.45) is 8.94. The number of nitrogens with two attached hydrogens (primary N) is 1. The molecular formula is C15H32N2O. The quantitative estimate of drug-likeness (QED) is 0.701. The summed E-state index contributed by atoms with van der Waals surface area (Å²) in [6, 6.07) is 0.676. The minimum Gasteiger partial charge on any atom is -0.395 e. The van der Waals surface area contributed by atoms with E-state index >= 15 is 0 Å². The molecule has 0 radical (unpaired) electrons. The van der Waals surface area contributed by atoms with Crippen molar-refractivity contribution in [3.63, 3.8) is 0 Å². The Morgan fingerprint density at radius 2 is 1.78 bits per heavy atom. The van der Waals surface area contributed by atoms with Gasteiger partial charge in [-0.25, -0.2) is 0 Å². The van der Waals surface area contributed by atoms with Crippen LogP contribution in [0.1, 0.15) is 58.8 Å². The van der Waals surface area contributed by atoms with E-state index in [-0.39, 0.29) is 12.0 Å². The topological polar surface area (TPSA) is 49.5 Å². The molecule has 0 atom stereocenters. The maximum atomic E-state index is 9.31. The minimum absolute atomic E-state index is 0.243. The third-order valence-corrected chi connectivity index (χ3v) is 4.95. The highest BCUT2D eigenvalue weighted by Gasteiger charge is 2.30. The molecule has 0 spiro atoms. The first-order valence-corrected chi connectivity index (χ1v) is 7.76. The summed E-state index contributed by atoms with van der Waals surface area (Å²) in [4.78, 5) is 2.51. The van der Waals surface area contributed by atoms with E-state index in [0.29, 0.717) is 6.04 Å². The number of nitrogens with zero attached hydrogens (tertiary/aromatic N) is 1. The molecule has 3 heteroatoms. The van der Waals surface area contributed by atoms with Gasteiger partial charge in [-0.3, -0.25) is 4.90 Å². The van der Waals surface area contributed by atoms with Crippen molar-refractivity contribution < 1.29 is 5.11 Å². The van der Waals surface area contributed by atoms with Gasteiger partial charge in [-0.1, -0.05) is 33.1 Å². The lowest BCUT2D eigenvalue weighted by molar-refractivity contribution is 0.0681. The van der Waals surface area contributed by atoms with Gasteiger partial charge in [-0.15, -0.1) is 0 Å². The minimum atomic E-state index is 0.243. The predicted molar refractivity (Wildman–Crippen MR) is 77.6 cm³/mol. The molecule has 0 unspecified atom stereocenters. The Hall–Kier alpha value is -0.120. The van der Waals surface area contributed by atoms with Crippen LogP contribution in [-0.4, -0.2) is 42.3 Å². The van der Waals surface area contributed by atoms with Crippen molar-refractivity contribution in [2.24, 2.45) is 11.1 Å². The van der Waals surface area contributed by atoms with E-state index in [1.165, 1.54) is 32.1 Å². The average molecular weight is 256 g/mol. The summed E-state index contributed by atoms with van der Waals surface area (Å²) in [5, 5.41) is 9.31. The molecule has 1 aliphatic carbocycles. The highest BCUT2D eigenvalue weighted by molar-refractivity contribution is 4.85. The third-order valence-electron chi connectivity index (χ3n) is 4.95. The van der Waals surface area contributed by atoms with Gasteiger partial charge in [-0.05, 0) is 37.6 Å². The fourth-order valence-corrected chi connectivity index (χ4v) is 3.22. The van der Waals surface area contributed by atoms with Gasteiger partial charge in [0.05, 0.1) is 6.61 Å². The number of hydrogen-bond acceptors (Lipinski definition) is 3. The van der Waals surface area contributed by atoms with Gasteiger partial charge < -0.3 is 10.8 Å². The van der Waals surface area contributed by atoms with E-state index in [9.17, 15) is 5.11 Å². The SMILES string of the molecule is CCC(CC)(CN)CN(CCO)C1CCCCC1. The zero-order valence-corrected chi connectivity index (χ0v) is 12.3. The molecule has 108 valence electrons. The van der Waals surface area contributed by atoms with Crippen molar-refractivity contribution in [2.45, 2.75) is 64.8 Å². The van der Waals surface area contributed by atoms with Crippen LogP contribution >= 0.6 is 0 Å². The molecule has 0 heterocycles. The van der Waals surface area contributed by atoms with Gasteiger partial charge in [-0.2, -0.15) is 0 Å². The lowest BCUT2D eigenvalue weighted by Gasteiger charge is -2.41. The van der Waals surface area contributed by atoms with E-state index < -0.39 is 0 Å². The Balaban J connectivity index is 2.64. The number of hydrogen-bond donors (Lipinski definition) is 2. The first-order chi connectivity index (χ1) is 8.71. The van der Waals surface area contributed by atoms with Gasteiger partial charge in [0.25, 0.3) is 0 Å². The summed E-state index contributed by atoms with van der Waals surface area (Å²) < 4.78 is 0. The molecule has 3 N–H and O–H groups in total. The monoisotopic (exact) mass is 256 g/mol. The van der Waals surface area contributed by atoms with E-state index in [2.05, 4.69) is 18.7 Å². The molecule has 1 fully saturated rings. The molecule has 0 saturated heterocycles. The Labute approximate surface area is 113 Å². The second-order valence-electron chi connectivity index (χ2n) is 5.90. The highest BCUT2D eigenvalue weighted by Crippen LogP contribution is 2.30. The second kappa shape index (κ2) is 8.13. The lowest BCUT2D eigenvalue weighted by atomic mass is 9.81. The van der Waals surface area contributed by atoms with Crippen LogP contribution in [0.25, 0.3) is 0 Å². The molecule has 3 nitrogen and oxygen atoms in total. The Morgan fingerprint density at radius 3 is 2.22 bits per heavy atom. The van der Waals surface area contributed by atoms with Crippen LogP contribution in [0.3, 0.4) is 0 Å². The fourth-order valence-electron chi connectivity index (χ4n) is 3.22. The predicted octanol–water partition coefficient (Wildman–Crippen LogP) is 2.38. The second-order valence-corrected chi connectivity index (χ2v) is 5.90. The van der Waals surface area contributed by atoms with E-state index in [1.54, 1.807) is 0 Å². The Bertz CT molecular complexity index is 202. The summed E-state index contributed by atoms with van der Waals surface area (Å²) in [5.74, 6) is 0. The van der Waals surface area contributed by atoms with Crippen molar-refractivity contribution in [1.29, 1.82) is 0 Å². The van der Waals surface area contributed by atoms with Crippen molar-refractivity contribution >= 4 is 0 Å². The Morgan fingerprint density at radius 1 is 1.17 bits per heavy atom. The first kappa shape index (κ1) is 15.9. The van der Waals surface area contributed by atoms with Crippen LogP contribution < -0.4 is 5.73 Å². The average Bonchev–Trinajstić information content (AvgIpc) is 2.45. The van der Waals surface area contributed by atoms with Crippen LogP contribution in [0.5, 0.6) is 0 Å². The van der Waals surface area contributed by atoms with Crippen LogP contribution in [-0.2, 0) is 0 Å². The van der Waals surface area contributed by atoms with Gasteiger partial charge in [0, 0.05) is 19.1 Å². The zero-order valence-electron chi connectivity index (χ0n) is 12.3. The molecule has 1 aliphatic rings. The third kappa shape index (κ3) is 4.22.